The predicted molar refractivity (Wildman–Crippen MR) is 144 cm³/mol. The van der Waals surface area contributed by atoms with Crippen LogP contribution in [0.25, 0.3) is 0 Å². The van der Waals surface area contributed by atoms with E-state index in [0.717, 1.165) is 11.1 Å². The summed E-state index contributed by atoms with van der Waals surface area (Å²) in [4.78, 5) is 43.0. The molecule has 2 aromatic carbocycles. The third-order valence-corrected chi connectivity index (χ3v) is 7.48. The van der Waals surface area contributed by atoms with Gasteiger partial charge in [-0.15, -0.1) is 0 Å². The molecule has 1 saturated heterocycles. The van der Waals surface area contributed by atoms with Gasteiger partial charge in [0.1, 0.15) is 23.9 Å². The molecule has 37 heavy (non-hydrogen) atoms. The Hall–Kier alpha value is -2.74. The van der Waals surface area contributed by atoms with E-state index in [1.165, 1.54) is 17.0 Å². The second-order valence-electron chi connectivity index (χ2n) is 11.6. The van der Waals surface area contributed by atoms with Crippen LogP contribution in [0.3, 0.4) is 0 Å². The molecule has 3 atom stereocenters. The number of piperazine rings is 1. The molecule has 4 rings (SSSR count). The van der Waals surface area contributed by atoms with Crippen molar-refractivity contribution in [1.29, 1.82) is 0 Å². The molecule has 3 amide bonds. The molecule has 2 N–H and O–H groups in total. The lowest BCUT2D eigenvalue weighted by atomic mass is 9.87. The van der Waals surface area contributed by atoms with Gasteiger partial charge < -0.3 is 15.5 Å². The van der Waals surface area contributed by atoms with Crippen LogP contribution in [0, 0.1) is 17.7 Å². The van der Waals surface area contributed by atoms with E-state index in [1.54, 1.807) is 6.07 Å². The Balaban J connectivity index is 1.79. The number of hydrogen-bond acceptors (Lipinski definition) is 3. The van der Waals surface area contributed by atoms with Crippen molar-refractivity contribution >= 4 is 33.7 Å². The van der Waals surface area contributed by atoms with E-state index in [9.17, 15) is 14.4 Å². The van der Waals surface area contributed by atoms with Gasteiger partial charge in [0.2, 0.25) is 17.7 Å². The van der Waals surface area contributed by atoms with Gasteiger partial charge in [0.15, 0.2) is 0 Å². The number of amides is 3. The van der Waals surface area contributed by atoms with Crippen LogP contribution in [0.15, 0.2) is 46.9 Å². The summed E-state index contributed by atoms with van der Waals surface area (Å²) < 4.78 is 15.9. The third kappa shape index (κ3) is 5.89. The molecule has 2 aliphatic rings. The second kappa shape index (κ2) is 10.6. The van der Waals surface area contributed by atoms with E-state index in [1.807, 2.05) is 58.9 Å². The van der Waals surface area contributed by atoms with Crippen molar-refractivity contribution < 1.29 is 18.8 Å². The van der Waals surface area contributed by atoms with Crippen LogP contribution < -0.4 is 10.6 Å². The number of carbonyl (C=O) groups excluding carboxylic acids is 3. The Morgan fingerprint density at radius 3 is 2.30 bits per heavy atom. The van der Waals surface area contributed by atoms with Crippen LogP contribution in [-0.2, 0) is 27.2 Å². The largest absolute Gasteiger partial charge is 0.349 e. The zero-order valence-corrected chi connectivity index (χ0v) is 23.6. The number of nitrogens with zero attached hydrogens (tertiary/aromatic N) is 1. The zero-order chi connectivity index (χ0) is 27.1. The lowest BCUT2D eigenvalue weighted by Gasteiger charge is -2.45. The summed E-state index contributed by atoms with van der Waals surface area (Å²) in [7, 11) is 0. The van der Waals surface area contributed by atoms with Gasteiger partial charge in [-0.2, -0.15) is 0 Å². The van der Waals surface area contributed by atoms with E-state index >= 15 is 4.39 Å². The van der Waals surface area contributed by atoms with Gasteiger partial charge >= 0.3 is 0 Å². The fourth-order valence-electron chi connectivity index (χ4n) is 5.45. The van der Waals surface area contributed by atoms with Crippen molar-refractivity contribution in [3.8, 4) is 0 Å². The van der Waals surface area contributed by atoms with Gasteiger partial charge in [-0.25, -0.2) is 4.39 Å². The van der Waals surface area contributed by atoms with Crippen LogP contribution in [-0.4, -0.2) is 40.2 Å². The number of benzene rings is 2. The third-order valence-electron chi connectivity index (χ3n) is 6.99. The van der Waals surface area contributed by atoms with Crippen LogP contribution >= 0.6 is 15.9 Å². The molecule has 1 heterocycles. The van der Waals surface area contributed by atoms with Crippen molar-refractivity contribution in [1.82, 2.24) is 15.5 Å². The fraction of sp³-hybridized carbons (Fsp3) is 0.483. The van der Waals surface area contributed by atoms with Crippen LogP contribution in [0.2, 0.25) is 0 Å². The maximum Gasteiger partial charge on any atom is 0.247 e. The summed E-state index contributed by atoms with van der Waals surface area (Å²) in [5.74, 6) is -1.86. The van der Waals surface area contributed by atoms with Gasteiger partial charge in [-0.3, -0.25) is 14.4 Å². The van der Waals surface area contributed by atoms with Gasteiger partial charge in [-0.1, -0.05) is 60.1 Å². The molecule has 2 aromatic rings. The van der Waals surface area contributed by atoms with Gasteiger partial charge in [0.05, 0.1) is 0 Å². The number of nitrogens with one attached hydrogen (secondary N) is 2. The molecule has 1 aliphatic carbocycles. The smallest absolute Gasteiger partial charge is 0.247 e. The predicted octanol–water partition coefficient (Wildman–Crippen LogP) is 4.70. The van der Waals surface area contributed by atoms with Crippen molar-refractivity contribution in [2.75, 3.05) is 0 Å². The standard InChI is InChI=1S/C29H35BrFN3O3/c1-16(2)12-23-26(35)32-24(19-13-17-8-6-7-9-18(17)14-19)28(37)34(23)25(27(36)33-29(3,4)5)21-11-10-20(30)15-22(21)31/h6-11,15-16,19,23-25H,12-14H2,1-5H3,(H,32,35)(H,33,36)/t23-,24-,25-/m1/s1. The second-order valence-corrected chi connectivity index (χ2v) is 12.5. The number of carbonyl (C=O) groups is 3. The summed E-state index contributed by atoms with van der Waals surface area (Å²) in [5.41, 5.74) is 1.76. The van der Waals surface area contributed by atoms with E-state index in [0.29, 0.717) is 23.7 Å². The number of fused-ring (bicyclic) bond motifs is 1. The van der Waals surface area contributed by atoms with Crippen molar-refractivity contribution in [2.45, 2.75) is 77.5 Å². The van der Waals surface area contributed by atoms with Gasteiger partial charge in [0.25, 0.3) is 0 Å². The highest BCUT2D eigenvalue weighted by atomic mass is 79.9. The molecule has 198 valence electrons. The lowest BCUT2D eigenvalue weighted by Crippen LogP contribution is -2.67. The van der Waals surface area contributed by atoms with Gasteiger partial charge in [-0.05, 0) is 75.1 Å². The van der Waals surface area contributed by atoms with Crippen LogP contribution in [0.5, 0.6) is 0 Å². The molecule has 8 heteroatoms. The van der Waals surface area contributed by atoms with Crippen molar-refractivity contribution in [3.63, 3.8) is 0 Å². The SMILES string of the molecule is CC(C)C[C@@H]1C(=O)N[C@H](C2Cc3ccccc3C2)C(=O)N1[C@@H](C(=O)NC(C)(C)C)c1ccc(Br)cc1F. The lowest BCUT2D eigenvalue weighted by molar-refractivity contribution is -0.158. The van der Waals surface area contributed by atoms with E-state index in [2.05, 4.69) is 26.6 Å². The fourth-order valence-corrected chi connectivity index (χ4v) is 5.79. The molecule has 0 spiro atoms. The summed E-state index contributed by atoms with van der Waals surface area (Å²) >= 11 is 3.28. The summed E-state index contributed by atoms with van der Waals surface area (Å²) in [6.07, 6.45) is 1.66. The van der Waals surface area contributed by atoms with Crippen molar-refractivity contribution in [2.24, 2.45) is 11.8 Å². The maximum absolute atomic E-state index is 15.4. The number of halogens is 2. The molecule has 0 saturated carbocycles. The molecule has 0 radical (unpaired) electrons. The normalized spacial score (nSPS) is 21.1. The number of hydrogen-bond donors (Lipinski definition) is 2. The summed E-state index contributed by atoms with van der Waals surface area (Å²) in [5, 5.41) is 5.90. The average Bonchev–Trinajstić information content (AvgIpc) is 3.22. The van der Waals surface area contributed by atoms with Crippen LogP contribution in [0.4, 0.5) is 4.39 Å². The Morgan fingerprint density at radius 1 is 1.14 bits per heavy atom. The topological polar surface area (TPSA) is 78.5 Å². The first-order chi connectivity index (χ1) is 17.4. The highest BCUT2D eigenvalue weighted by molar-refractivity contribution is 9.10. The first-order valence-electron chi connectivity index (χ1n) is 12.8. The molecule has 1 aliphatic heterocycles. The molecular formula is C29H35BrFN3O3. The molecule has 0 aromatic heterocycles. The zero-order valence-electron chi connectivity index (χ0n) is 22.0. The Labute approximate surface area is 226 Å². The maximum atomic E-state index is 15.4. The Morgan fingerprint density at radius 2 is 1.76 bits per heavy atom. The minimum Gasteiger partial charge on any atom is -0.349 e. The minimum atomic E-state index is -1.29. The van der Waals surface area contributed by atoms with Crippen molar-refractivity contribution in [3.05, 3.63) is 69.4 Å². The highest BCUT2D eigenvalue weighted by Crippen LogP contribution is 2.36. The quantitative estimate of drug-likeness (QED) is 0.527. The highest BCUT2D eigenvalue weighted by Gasteiger charge is 2.50. The molecule has 0 unspecified atom stereocenters. The minimum absolute atomic E-state index is 0.0650. The first-order valence-corrected chi connectivity index (χ1v) is 13.6. The summed E-state index contributed by atoms with van der Waals surface area (Å²) in [6, 6.07) is 9.48. The molecule has 0 bridgehead atoms. The Kier molecular flexibility index (Phi) is 7.79. The monoisotopic (exact) mass is 571 g/mol. The molecule has 1 fully saturated rings. The molecular weight excluding hydrogens is 537 g/mol. The van der Waals surface area contributed by atoms with E-state index in [-0.39, 0.29) is 29.2 Å². The van der Waals surface area contributed by atoms with E-state index in [4.69, 9.17) is 0 Å². The number of rotatable bonds is 6. The molecule has 6 nitrogen and oxygen atoms in total. The Bertz CT molecular complexity index is 1180. The first kappa shape index (κ1) is 27.3. The van der Waals surface area contributed by atoms with Crippen LogP contribution in [0.1, 0.15) is 63.8 Å². The van der Waals surface area contributed by atoms with E-state index < -0.39 is 35.4 Å². The van der Waals surface area contributed by atoms with Gasteiger partial charge in [0, 0.05) is 15.6 Å². The average molecular weight is 573 g/mol. The summed E-state index contributed by atoms with van der Waals surface area (Å²) in [6.45, 7) is 9.40.